The topological polar surface area (TPSA) is 47.4 Å². The number of hydrogen-bond acceptors (Lipinski definition) is 3. The van der Waals surface area contributed by atoms with Crippen LogP contribution < -0.4 is 9.64 Å². The lowest BCUT2D eigenvalue weighted by molar-refractivity contribution is -0.120. The van der Waals surface area contributed by atoms with Crippen molar-refractivity contribution in [1.82, 2.24) is 9.78 Å². The van der Waals surface area contributed by atoms with E-state index in [9.17, 15) is 9.18 Å². The Bertz CT molecular complexity index is 937. The summed E-state index contributed by atoms with van der Waals surface area (Å²) < 4.78 is 20.3. The summed E-state index contributed by atoms with van der Waals surface area (Å²) in [5, 5.41) is 4.23. The van der Waals surface area contributed by atoms with Crippen molar-refractivity contribution in [2.75, 3.05) is 18.1 Å². The van der Waals surface area contributed by atoms with Crippen LogP contribution in [0.3, 0.4) is 0 Å². The van der Waals surface area contributed by atoms with Gasteiger partial charge in [-0.05, 0) is 42.2 Å². The van der Waals surface area contributed by atoms with Crippen LogP contribution in [0.2, 0.25) is 0 Å². The van der Waals surface area contributed by atoms with Gasteiger partial charge in [-0.25, -0.2) is 4.39 Å². The second kappa shape index (κ2) is 7.61. The second-order valence-corrected chi connectivity index (χ2v) is 6.57. The van der Waals surface area contributed by atoms with Gasteiger partial charge in [0.25, 0.3) is 5.91 Å². The maximum absolute atomic E-state index is 13.0. The number of carbonyl (C=O) groups is 1. The van der Waals surface area contributed by atoms with Gasteiger partial charge < -0.3 is 9.64 Å². The van der Waals surface area contributed by atoms with Crippen LogP contribution >= 0.6 is 0 Å². The zero-order valence-corrected chi connectivity index (χ0v) is 14.8. The maximum Gasteiger partial charge on any atom is 0.264 e. The number of amides is 1. The van der Waals surface area contributed by atoms with E-state index in [1.54, 1.807) is 34.1 Å². The molecule has 1 aliphatic heterocycles. The summed E-state index contributed by atoms with van der Waals surface area (Å²) in [6.45, 7) is 1.19. The van der Waals surface area contributed by atoms with E-state index in [1.165, 1.54) is 17.7 Å². The molecule has 2 heterocycles. The molecule has 0 atom stereocenters. The van der Waals surface area contributed by atoms with Gasteiger partial charge in [0.05, 0.1) is 18.9 Å². The molecule has 0 fully saturated rings. The summed E-state index contributed by atoms with van der Waals surface area (Å²) >= 11 is 0. The van der Waals surface area contributed by atoms with Crippen LogP contribution in [0.15, 0.2) is 60.9 Å². The van der Waals surface area contributed by atoms with E-state index in [0.717, 1.165) is 24.1 Å². The number of ether oxygens (including phenoxy) is 1. The molecule has 0 bridgehead atoms. The third kappa shape index (κ3) is 4.00. The molecular weight excluding hydrogens is 345 g/mol. The zero-order chi connectivity index (χ0) is 18.6. The van der Waals surface area contributed by atoms with Crippen molar-refractivity contribution in [1.29, 1.82) is 0 Å². The normalized spacial score (nSPS) is 13.3. The molecule has 0 radical (unpaired) electrons. The van der Waals surface area contributed by atoms with Crippen molar-refractivity contribution in [2.24, 2.45) is 0 Å². The number of hydrogen-bond donors (Lipinski definition) is 0. The van der Waals surface area contributed by atoms with Gasteiger partial charge >= 0.3 is 0 Å². The highest BCUT2D eigenvalue weighted by Gasteiger charge is 2.22. The van der Waals surface area contributed by atoms with Crippen LogP contribution in [0.1, 0.15) is 17.5 Å². The van der Waals surface area contributed by atoms with Crippen LogP contribution in [0.5, 0.6) is 5.75 Å². The first-order valence-electron chi connectivity index (χ1n) is 8.97. The Balaban J connectivity index is 1.36. The van der Waals surface area contributed by atoms with Gasteiger partial charge in [0.2, 0.25) is 0 Å². The standard InChI is InChI=1S/C21H20FN3O2/c22-18-9-7-16(8-10-18)13-24-14-19(12-23-24)27-15-21(26)25-11-3-5-17-4-1-2-6-20(17)25/h1-2,4,6-10,12,14H,3,5,11,13,15H2. The van der Waals surface area contributed by atoms with Crippen molar-refractivity contribution in [3.8, 4) is 5.75 Å². The number of aromatic nitrogens is 2. The lowest BCUT2D eigenvalue weighted by Crippen LogP contribution is -2.38. The molecule has 3 aromatic rings. The van der Waals surface area contributed by atoms with E-state index < -0.39 is 0 Å². The van der Waals surface area contributed by atoms with Crippen LogP contribution in [-0.2, 0) is 17.8 Å². The van der Waals surface area contributed by atoms with Gasteiger partial charge in [-0.3, -0.25) is 9.48 Å². The third-order valence-corrected chi connectivity index (χ3v) is 4.64. The van der Waals surface area contributed by atoms with Crippen molar-refractivity contribution in [3.63, 3.8) is 0 Å². The summed E-state index contributed by atoms with van der Waals surface area (Å²) in [6.07, 6.45) is 5.27. The quantitative estimate of drug-likeness (QED) is 0.696. The predicted octanol–water partition coefficient (Wildman–Crippen LogP) is 3.43. The fraction of sp³-hybridized carbons (Fsp3) is 0.238. The lowest BCUT2D eigenvalue weighted by atomic mass is 10.0. The fourth-order valence-electron chi connectivity index (χ4n) is 3.30. The zero-order valence-electron chi connectivity index (χ0n) is 14.8. The minimum Gasteiger partial charge on any atom is -0.480 e. The molecule has 1 aliphatic rings. The Morgan fingerprint density at radius 2 is 1.96 bits per heavy atom. The SMILES string of the molecule is O=C(COc1cnn(Cc2ccc(F)cc2)c1)N1CCCc2ccccc21. The minimum atomic E-state index is -0.263. The molecule has 4 rings (SSSR count). The van der Waals surface area contributed by atoms with Crippen LogP contribution in [0.25, 0.3) is 0 Å². The number of halogens is 1. The summed E-state index contributed by atoms with van der Waals surface area (Å²) in [5.41, 5.74) is 3.11. The molecular formula is C21H20FN3O2. The molecule has 0 N–H and O–H groups in total. The van der Waals surface area contributed by atoms with Crippen molar-refractivity contribution < 1.29 is 13.9 Å². The Morgan fingerprint density at radius 3 is 2.81 bits per heavy atom. The smallest absolute Gasteiger partial charge is 0.264 e. The summed E-state index contributed by atoms with van der Waals surface area (Å²) in [7, 11) is 0. The Kier molecular flexibility index (Phi) is 4.87. The van der Waals surface area contributed by atoms with E-state index in [-0.39, 0.29) is 18.3 Å². The van der Waals surface area contributed by atoms with Gasteiger partial charge in [0.15, 0.2) is 12.4 Å². The van der Waals surface area contributed by atoms with Crippen LogP contribution in [0.4, 0.5) is 10.1 Å². The van der Waals surface area contributed by atoms with Crippen molar-refractivity contribution in [2.45, 2.75) is 19.4 Å². The molecule has 1 amide bonds. The number of nitrogens with zero attached hydrogens (tertiary/aromatic N) is 3. The van der Waals surface area contributed by atoms with Gasteiger partial charge in [0.1, 0.15) is 5.82 Å². The number of rotatable bonds is 5. The summed E-state index contributed by atoms with van der Waals surface area (Å²) in [4.78, 5) is 14.4. The van der Waals surface area contributed by atoms with E-state index in [1.807, 2.05) is 18.2 Å². The van der Waals surface area contributed by atoms with Gasteiger partial charge in [-0.2, -0.15) is 5.10 Å². The van der Waals surface area contributed by atoms with Gasteiger partial charge in [-0.1, -0.05) is 30.3 Å². The van der Waals surface area contributed by atoms with Gasteiger partial charge in [0, 0.05) is 12.2 Å². The molecule has 1 aromatic heterocycles. The highest BCUT2D eigenvalue weighted by atomic mass is 19.1. The molecule has 0 unspecified atom stereocenters. The Morgan fingerprint density at radius 1 is 1.15 bits per heavy atom. The number of carbonyl (C=O) groups excluding carboxylic acids is 1. The molecule has 138 valence electrons. The largest absolute Gasteiger partial charge is 0.480 e. The molecule has 0 aliphatic carbocycles. The predicted molar refractivity (Wildman–Crippen MR) is 100 cm³/mol. The Hall–Kier alpha value is -3.15. The number of aryl methyl sites for hydroxylation is 1. The highest BCUT2D eigenvalue weighted by Crippen LogP contribution is 2.26. The highest BCUT2D eigenvalue weighted by molar-refractivity contribution is 5.95. The molecule has 0 spiro atoms. The first-order chi connectivity index (χ1) is 13.2. The van der Waals surface area contributed by atoms with E-state index in [2.05, 4.69) is 11.2 Å². The van der Waals surface area contributed by atoms with Crippen molar-refractivity contribution in [3.05, 3.63) is 77.9 Å². The number of benzene rings is 2. The molecule has 0 saturated heterocycles. The van der Waals surface area contributed by atoms with E-state index in [4.69, 9.17) is 4.74 Å². The number of fused-ring (bicyclic) bond motifs is 1. The lowest BCUT2D eigenvalue weighted by Gasteiger charge is -2.29. The van der Waals surface area contributed by atoms with E-state index >= 15 is 0 Å². The third-order valence-electron chi connectivity index (χ3n) is 4.64. The van der Waals surface area contributed by atoms with E-state index in [0.29, 0.717) is 18.8 Å². The first-order valence-corrected chi connectivity index (χ1v) is 8.97. The number of para-hydroxylation sites is 1. The molecule has 27 heavy (non-hydrogen) atoms. The van der Waals surface area contributed by atoms with Crippen LogP contribution in [0, 0.1) is 5.82 Å². The summed E-state index contributed by atoms with van der Waals surface area (Å²) in [6, 6.07) is 14.3. The average Bonchev–Trinajstić information content (AvgIpc) is 3.15. The van der Waals surface area contributed by atoms with Crippen LogP contribution in [-0.4, -0.2) is 28.8 Å². The first kappa shape index (κ1) is 17.3. The molecule has 2 aromatic carbocycles. The minimum absolute atomic E-state index is 0.0312. The Labute approximate surface area is 157 Å². The molecule has 6 heteroatoms. The average molecular weight is 365 g/mol. The summed E-state index contributed by atoms with van der Waals surface area (Å²) in [5.74, 6) is 0.213. The monoisotopic (exact) mass is 365 g/mol. The molecule has 0 saturated carbocycles. The van der Waals surface area contributed by atoms with Crippen molar-refractivity contribution >= 4 is 11.6 Å². The fourth-order valence-corrected chi connectivity index (χ4v) is 3.30. The number of anilines is 1. The second-order valence-electron chi connectivity index (χ2n) is 6.57. The molecule has 5 nitrogen and oxygen atoms in total. The van der Waals surface area contributed by atoms with Gasteiger partial charge in [-0.15, -0.1) is 0 Å². The maximum atomic E-state index is 13.0.